The summed E-state index contributed by atoms with van der Waals surface area (Å²) in [7, 11) is 0. The van der Waals surface area contributed by atoms with Crippen molar-refractivity contribution in [3.8, 4) is 0 Å². The highest BCUT2D eigenvalue weighted by molar-refractivity contribution is 5.46. The van der Waals surface area contributed by atoms with Gasteiger partial charge in [0.1, 0.15) is 0 Å². The summed E-state index contributed by atoms with van der Waals surface area (Å²) in [6.45, 7) is 10.8. The van der Waals surface area contributed by atoms with E-state index < -0.39 is 0 Å². The van der Waals surface area contributed by atoms with Crippen LogP contribution in [0.15, 0.2) is 24.3 Å². The summed E-state index contributed by atoms with van der Waals surface area (Å²) in [5, 5.41) is 3.61. The fourth-order valence-corrected chi connectivity index (χ4v) is 2.82. The fraction of sp³-hybridized carbons (Fsp3) is 0.625. The summed E-state index contributed by atoms with van der Waals surface area (Å²) >= 11 is 0. The summed E-state index contributed by atoms with van der Waals surface area (Å²) < 4.78 is 6.10. The molecule has 100 valence electrons. The molecule has 0 amide bonds. The van der Waals surface area contributed by atoms with Crippen LogP contribution in [0.25, 0.3) is 0 Å². The number of anilines is 1. The molecule has 2 nitrogen and oxygen atoms in total. The minimum Gasteiger partial charge on any atom is -0.379 e. The number of benzene rings is 1. The number of hydrogen-bond acceptors (Lipinski definition) is 2. The molecule has 1 aliphatic rings. The van der Waals surface area contributed by atoms with Gasteiger partial charge in [-0.1, -0.05) is 19.1 Å². The Kier molecular flexibility index (Phi) is 3.41. The Hall–Kier alpha value is -1.02. The lowest BCUT2D eigenvalue weighted by Gasteiger charge is -2.28. The summed E-state index contributed by atoms with van der Waals surface area (Å²) in [5.74, 6) is 0. The Balaban J connectivity index is 2.09. The number of aryl methyl sites for hydroxylation is 1. The van der Waals surface area contributed by atoms with Crippen molar-refractivity contribution in [2.75, 3.05) is 5.32 Å². The third-order valence-corrected chi connectivity index (χ3v) is 3.78. The van der Waals surface area contributed by atoms with E-state index in [9.17, 15) is 0 Å². The highest BCUT2D eigenvalue weighted by Gasteiger charge is 2.45. The standard InChI is InChI=1S/C16H25NO/c1-6-12-7-9-13(10-8-12)17-14-11-15(2,3)18-16(14,4)5/h7-10,14,17H,6,11H2,1-5H3. The molecule has 1 heterocycles. The molecule has 0 aliphatic carbocycles. The van der Waals surface area contributed by atoms with Crippen LogP contribution in [-0.4, -0.2) is 17.2 Å². The third kappa shape index (κ3) is 2.86. The van der Waals surface area contributed by atoms with E-state index in [0.29, 0.717) is 6.04 Å². The first-order valence-corrected chi connectivity index (χ1v) is 6.88. The molecule has 1 aliphatic heterocycles. The Labute approximate surface area is 111 Å². The van der Waals surface area contributed by atoms with Gasteiger partial charge in [0.2, 0.25) is 0 Å². The van der Waals surface area contributed by atoms with Gasteiger partial charge in [0.25, 0.3) is 0 Å². The third-order valence-electron chi connectivity index (χ3n) is 3.78. The molecule has 0 bridgehead atoms. The van der Waals surface area contributed by atoms with E-state index in [1.54, 1.807) is 0 Å². The van der Waals surface area contributed by atoms with Crippen molar-refractivity contribution in [1.29, 1.82) is 0 Å². The average Bonchev–Trinajstić information content (AvgIpc) is 2.48. The van der Waals surface area contributed by atoms with Gasteiger partial charge >= 0.3 is 0 Å². The van der Waals surface area contributed by atoms with Crippen molar-refractivity contribution < 1.29 is 4.74 Å². The number of hydrogen-bond donors (Lipinski definition) is 1. The van der Waals surface area contributed by atoms with Crippen LogP contribution in [0.5, 0.6) is 0 Å². The average molecular weight is 247 g/mol. The van der Waals surface area contributed by atoms with Crippen molar-refractivity contribution in [2.45, 2.75) is 64.7 Å². The molecule has 0 aromatic heterocycles. The monoisotopic (exact) mass is 247 g/mol. The molecular formula is C16H25NO. The van der Waals surface area contributed by atoms with Gasteiger partial charge in [-0.05, 0) is 58.2 Å². The topological polar surface area (TPSA) is 21.3 Å². The molecule has 1 atom stereocenters. The highest BCUT2D eigenvalue weighted by atomic mass is 16.5. The van der Waals surface area contributed by atoms with E-state index in [2.05, 4.69) is 64.2 Å². The highest BCUT2D eigenvalue weighted by Crippen LogP contribution is 2.38. The lowest BCUT2D eigenvalue weighted by Crippen LogP contribution is -2.38. The molecule has 2 heteroatoms. The normalized spacial score (nSPS) is 25.1. The Morgan fingerprint density at radius 2 is 1.78 bits per heavy atom. The van der Waals surface area contributed by atoms with Gasteiger partial charge in [-0.15, -0.1) is 0 Å². The van der Waals surface area contributed by atoms with Gasteiger partial charge < -0.3 is 10.1 Å². The maximum absolute atomic E-state index is 6.10. The summed E-state index contributed by atoms with van der Waals surface area (Å²) in [6, 6.07) is 9.08. The maximum atomic E-state index is 6.10. The van der Waals surface area contributed by atoms with E-state index in [4.69, 9.17) is 4.74 Å². The second kappa shape index (κ2) is 4.58. The molecule has 1 N–H and O–H groups in total. The van der Waals surface area contributed by atoms with Crippen molar-refractivity contribution in [2.24, 2.45) is 0 Å². The SMILES string of the molecule is CCc1ccc(NC2CC(C)(C)OC2(C)C)cc1. The van der Waals surface area contributed by atoms with Gasteiger partial charge in [0, 0.05) is 5.69 Å². The van der Waals surface area contributed by atoms with Crippen LogP contribution in [0.4, 0.5) is 5.69 Å². The first-order chi connectivity index (χ1) is 8.32. The van der Waals surface area contributed by atoms with E-state index in [0.717, 1.165) is 12.8 Å². The zero-order valence-electron chi connectivity index (χ0n) is 12.2. The maximum Gasteiger partial charge on any atom is 0.0834 e. The molecule has 0 saturated carbocycles. The Morgan fingerprint density at radius 3 is 2.22 bits per heavy atom. The van der Waals surface area contributed by atoms with Crippen molar-refractivity contribution >= 4 is 5.69 Å². The molecule has 18 heavy (non-hydrogen) atoms. The van der Waals surface area contributed by atoms with E-state index in [1.807, 2.05) is 0 Å². The minimum atomic E-state index is -0.118. The van der Waals surface area contributed by atoms with Crippen LogP contribution in [0.3, 0.4) is 0 Å². The van der Waals surface area contributed by atoms with Crippen LogP contribution in [-0.2, 0) is 11.2 Å². The van der Waals surface area contributed by atoms with E-state index in [-0.39, 0.29) is 11.2 Å². The molecule has 1 aromatic rings. The molecule has 1 aromatic carbocycles. The molecule has 0 radical (unpaired) electrons. The van der Waals surface area contributed by atoms with Gasteiger partial charge in [-0.25, -0.2) is 0 Å². The van der Waals surface area contributed by atoms with Crippen molar-refractivity contribution in [3.05, 3.63) is 29.8 Å². The lowest BCUT2D eigenvalue weighted by atomic mass is 9.94. The molecule has 1 fully saturated rings. The first kappa shape index (κ1) is 13.4. The smallest absolute Gasteiger partial charge is 0.0834 e. The Bertz CT molecular complexity index is 406. The Morgan fingerprint density at radius 1 is 1.17 bits per heavy atom. The van der Waals surface area contributed by atoms with Crippen LogP contribution >= 0.6 is 0 Å². The molecule has 1 unspecified atom stereocenters. The zero-order chi connectivity index (χ0) is 13.4. The second-order valence-electron chi connectivity index (χ2n) is 6.42. The molecule has 1 saturated heterocycles. The lowest BCUT2D eigenvalue weighted by molar-refractivity contribution is -0.0662. The van der Waals surface area contributed by atoms with Crippen LogP contribution in [0.1, 0.15) is 46.6 Å². The van der Waals surface area contributed by atoms with E-state index >= 15 is 0 Å². The molecular weight excluding hydrogens is 222 g/mol. The summed E-state index contributed by atoms with van der Waals surface area (Å²) in [4.78, 5) is 0. The van der Waals surface area contributed by atoms with Crippen molar-refractivity contribution in [1.82, 2.24) is 0 Å². The minimum absolute atomic E-state index is 0.0372. The van der Waals surface area contributed by atoms with Gasteiger partial charge in [0.05, 0.1) is 17.2 Å². The van der Waals surface area contributed by atoms with Gasteiger partial charge in [-0.2, -0.15) is 0 Å². The van der Waals surface area contributed by atoms with Crippen LogP contribution in [0.2, 0.25) is 0 Å². The summed E-state index contributed by atoms with van der Waals surface area (Å²) in [5.41, 5.74) is 2.41. The van der Waals surface area contributed by atoms with Crippen molar-refractivity contribution in [3.63, 3.8) is 0 Å². The number of rotatable bonds is 3. The predicted molar refractivity (Wildman–Crippen MR) is 77.1 cm³/mol. The predicted octanol–water partition coefficient (Wildman–Crippen LogP) is 4.01. The van der Waals surface area contributed by atoms with Crippen LogP contribution in [0, 0.1) is 0 Å². The fourth-order valence-electron chi connectivity index (χ4n) is 2.82. The quantitative estimate of drug-likeness (QED) is 0.871. The summed E-state index contributed by atoms with van der Waals surface area (Å²) in [6.07, 6.45) is 2.13. The largest absolute Gasteiger partial charge is 0.379 e. The number of nitrogens with one attached hydrogen (secondary N) is 1. The zero-order valence-corrected chi connectivity index (χ0v) is 12.2. The van der Waals surface area contributed by atoms with Gasteiger partial charge in [0.15, 0.2) is 0 Å². The first-order valence-electron chi connectivity index (χ1n) is 6.88. The van der Waals surface area contributed by atoms with E-state index in [1.165, 1.54) is 11.3 Å². The molecule has 0 spiro atoms. The molecule has 2 rings (SSSR count). The second-order valence-corrected chi connectivity index (χ2v) is 6.42. The van der Waals surface area contributed by atoms with Gasteiger partial charge in [-0.3, -0.25) is 0 Å². The van der Waals surface area contributed by atoms with Crippen LogP contribution < -0.4 is 5.32 Å². The number of ether oxygens (including phenoxy) is 1.